The zero-order chi connectivity index (χ0) is 17.4. The van der Waals surface area contributed by atoms with E-state index in [9.17, 15) is 8.78 Å². The molecule has 3 heterocycles. The highest BCUT2D eigenvalue weighted by Crippen LogP contribution is 2.23. The lowest BCUT2D eigenvalue weighted by Gasteiger charge is -2.35. The summed E-state index contributed by atoms with van der Waals surface area (Å²) in [7, 11) is 1.85. The van der Waals surface area contributed by atoms with Gasteiger partial charge in [-0.25, -0.2) is 18.7 Å². The first-order valence-corrected chi connectivity index (χ1v) is 8.16. The van der Waals surface area contributed by atoms with Crippen LogP contribution in [0.4, 0.5) is 14.6 Å². The fraction of sp³-hybridized carbons (Fsp3) is 0.353. The van der Waals surface area contributed by atoms with Crippen LogP contribution < -0.4 is 4.90 Å². The maximum absolute atomic E-state index is 13.8. The maximum atomic E-state index is 13.8. The van der Waals surface area contributed by atoms with Gasteiger partial charge in [-0.15, -0.1) is 0 Å². The van der Waals surface area contributed by atoms with Gasteiger partial charge < -0.3 is 4.90 Å². The minimum Gasteiger partial charge on any atom is -0.353 e. The summed E-state index contributed by atoms with van der Waals surface area (Å²) in [5, 5.41) is 5.17. The zero-order valence-corrected chi connectivity index (χ0v) is 13.9. The van der Waals surface area contributed by atoms with E-state index in [1.165, 1.54) is 12.1 Å². The summed E-state index contributed by atoms with van der Waals surface area (Å²) in [6, 6.07) is 3.59. The molecule has 0 aliphatic carbocycles. The standard InChI is InChI=1S/C17H18F2N6/c1-23-16-14(9-22-23)17(21-11-20-16)25-6-4-24(5-7-25)10-12-8-13(18)2-3-15(12)19/h2-3,8-9,11H,4-7,10H2,1H3. The lowest BCUT2D eigenvalue weighted by atomic mass is 10.1. The molecule has 0 unspecified atom stereocenters. The second-order valence-corrected chi connectivity index (χ2v) is 6.20. The fourth-order valence-corrected chi connectivity index (χ4v) is 3.22. The van der Waals surface area contributed by atoms with Gasteiger partial charge in [-0.05, 0) is 18.2 Å². The summed E-state index contributed by atoms with van der Waals surface area (Å²) in [6.45, 7) is 3.43. The molecule has 0 amide bonds. The molecule has 130 valence electrons. The summed E-state index contributed by atoms with van der Waals surface area (Å²) >= 11 is 0. The van der Waals surface area contributed by atoms with Crippen LogP contribution in [0.15, 0.2) is 30.7 Å². The van der Waals surface area contributed by atoms with E-state index in [-0.39, 0.29) is 5.82 Å². The molecule has 6 nitrogen and oxygen atoms in total. The molecule has 0 radical (unpaired) electrons. The van der Waals surface area contributed by atoms with Gasteiger partial charge in [0.05, 0.1) is 11.6 Å². The monoisotopic (exact) mass is 344 g/mol. The van der Waals surface area contributed by atoms with Crippen LogP contribution in [0.25, 0.3) is 11.0 Å². The zero-order valence-electron chi connectivity index (χ0n) is 13.9. The lowest BCUT2D eigenvalue weighted by molar-refractivity contribution is 0.246. The molecule has 1 fully saturated rings. The largest absolute Gasteiger partial charge is 0.353 e. The fourth-order valence-electron chi connectivity index (χ4n) is 3.22. The number of hydrogen-bond donors (Lipinski definition) is 0. The summed E-state index contributed by atoms with van der Waals surface area (Å²) in [6.07, 6.45) is 3.33. The summed E-state index contributed by atoms with van der Waals surface area (Å²) in [5.74, 6) is 0.0985. The number of piperazine rings is 1. The summed E-state index contributed by atoms with van der Waals surface area (Å²) < 4.78 is 28.9. The molecule has 8 heteroatoms. The second kappa shape index (κ2) is 6.36. The van der Waals surface area contributed by atoms with Crippen LogP contribution in [0.5, 0.6) is 0 Å². The van der Waals surface area contributed by atoms with Crippen molar-refractivity contribution in [2.75, 3.05) is 31.1 Å². The Morgan fingerprint density at radius 3 is 2.68 bits per heavy atom. The molecule has 0 bridgehead atoms. The van der Waals surface area contributed by atoms with Gasteiger partial charge in [0.2, 0.25) is 0 Å². The Hall–Kier alpha value is -2.61. The van der Waals surface area contributed by atoms with Gasteiger partial charge in [0.25, 0.3) is 0 Å². The molecule has 1 aromatic carbocycles. The maximum Gasteiger partial charge on any atom is 0.163 e. The Morgan fingerprint density at radius 1 is 1.08 bits per heavy atom. The highest BCUT2D eigenvalue weighted by atomic mass is 19.1. The van der Waals surface area contributed by atoms with Crippen molar-refractivity contribution in [3.05, 3.63) is 47.9 Å². The van der Waals surface area contributed by atoms with Gasteiger partial charge >= 0.3 is 0 Å². The minimum absolute atomic E-state index is 0.364. The van der Waals surface area contributed by atoms with Gasteiger partial charge in [-0.3, -0.25) is 9.58 Å². The normalized spacial score (nSPS) is 15.9. The van der Waals surface area contributed by atoms with Crippen molar-refractivity contribution in [1.82, 2.24) is 24.6 Å². The Bertz CT molecular complexity index is 901. The van der Waals surface area contributed by atoms with Crippen molar-refractivity contribution in [1.29, 1.82) is 0 Å². The van der Waals surface area contributed by atoms with Crippen LogP contribution in [0, 0.1) is 11.6 Å². The van der Waals surface area contributed by atoms with E-state index in [4.69, 9.17) is 0 Å². The smallest absolute Gasteiger partial charge is 0.163 e. The Labute approximate surface area is 143 Å². The number of fused-ring (bicyclic) bond motifs is 1. The second-order valence-electron chi connectivity index (χ2n) is 6.20. The summed E-state index contributed by atoms with van der Waals surface area (Å²) in [4.78, 5) is 13.0. The molecule has 1 saturated heterocycles. The number of aromatic nitrogens is 4. The molecule has 2 aromatic heterocycles. The van der Waals surface area contributed by atoms with Gasteiger partial charge in [0.1, 0.15) is 23.8 Å². The Morgan fingerprint density at radius 2 is 1.88 bits per heavy atom. The first-order chi connectivity index (χ1) is 12.1. The van der Waals surface area contributed by atoms with E-state index in [2.05, 4.69) is 24.9 Å². The molecule has 0 spiro atoms. The highest BCUT2D eigenvalue weighted by molar-refractivity contribution is 5.86. The molecule has 4 rings (SSSR count). The molecule has 0 saturated carbocycles. The van der Waals surface area contributed by atoms with Crippen LogP contribution in [0.3, 0.4) is 0 Å². The van der Waals surface area contributed by atoms with E-state index in [1.54, 1.807) is 17.2 Å². The van der Waals surface area contributed by atoms with Crippen molar-refractivity contribution in [2.24, 2.45) is 7.05 Å². The van der Waals surface area contributed by atoms with Crippen molar-refractivity contribution in [3.63, 3.8) is 0 Å². The predicted molar refractivity (Wildman–Crippen MR) is 90.2 cm³/mol. The number of rotatable bonds is 3. The third-order valence-electron chi connectivity index (χ3n) is 4.58. The molecule has 25 heavy (non-hydrogen) atoms. The molecule has 0 atom stereocenters. The van der Waals surface area contributed by atoms with Crippen LogP contribution >= 0.6 is 0 Å². The Balaban J connectivity index is 1.47. The van der Waals surface area contributed by atoms with Gasteiger partial charge in [-0.2, -0.15) is 5.10 Å². The molecule has 1 aliphatic rings. The first-order valence-electron chi connectivity index (χ1n) is 8.16. The van der Waals surface area contributed by atoms with Gasteiger partial charge in [0.15, 0.2) is 5.65 Å². The van der Waals surface area contributed by atoms with E-state index in [0.717, 1.165) is 49.1 Å². The lowest BCUT2D eigenvalue weighted by Crippen LogP contribution is -2.46. The van der Waals surface area contributed by atoms with Crippen LogP contribution in [0.2, 0.25) is 0 Å². The van der Waals surface area contributed by atoms with Crippen molar-refractivity contribution >= 4 is 16.9 Å². The number of anilines is 1. The molecule has 0 N–H and O–H groups in total. The minimum atomic E-state index is -0.407. The topological polar surface area (TPSA) is 50.1 Å². The van der Waals surface area contributed by atoms with Crippen LogP contribution in [0.1, 0.15) is 5.56 Å². The molecule has 3 aromatic rings. The quantitative estimate of drug-likeness (QED) is 0.727. The number of hydrogen-bond acceptors (Lipinski definition) is 5. The van der Waals surface area contributed by atoms with E-state index >= 15 is 0 Å². The van der Waals surface area contributed by atoms with Crippen molar-refractivity contribution < 1.29 is 8.78 Å². The Kier molecular flexibility index (Phi) is 4.04. The van der Waals surface area contributed by atoms with Crippen molar-refractivity contribution in [3.8, 4) is 0 Å². The number of benzene rings is 1. The third-order valence-corrected chi connectivity index (χ3v) is 4.58. The molecule has 1 aliphatic heterocycles. The molecular formula is C17H18F2N6. The van der Waals surface area contributed by atoms with Crippen LogP contribution in [-0.4, -0.2) is 50.8 Å². The van der Waals surface area contributed by atoms with Gasteiger partial charge in [-0.1, -0.05) is 0 Å². The van der Waals surface area contributed by atoms with E-state index < -0.39 is 5.82 Å². The molecular weight excluding hydrogens is 326 g/mol. The van der Waals surface area contributed by atoms with Gasteiger partial charge in [0, 0.05) is 45.3 Å². The van der Waals surface area contributed by atoms with Crippen molar-refractivity contribution in [2.45, 2.75) is 6.54 Å². The summed E-state index contributed by atoms with van der Waals surface area (Å²) in [5.41, 5.74) is 1.19. The van der Waals surface area contributed by atoms with Crippen LogP contribution in [-0.2, 0) is 13.6 Å². The van der Waals surface area contributed by atoms with E-state index in [1.807, 2.05) is 7.05 Å². The average molecular weight is 344 g/mol. The highest BCUT2D eigenvalue weighted by Gasteiger charge is 2.21. The predicted octanol–water partition coefficient (Wildman–Crippen LogP) is 1.96. The van der Waals surface area contributed by atoms with E-state index in [0.29, 0.717) is 12.1 Å². The number of halogens is 2. The average Bonchev–Trinajstić information content (AvgIpc) is 3.00. The SMILES string of the molecule is Cn1ncc2c(N3CCN(Cc4cc(F)ccc4F)CC3)ncnc21. The third kappa shape index (κ3) is 3.05. The number of nitrogens with zero attached hydrogens (tertiary/aromatic N) is 6. The number of aryl methyl sites for hydroxylation is 1. The first kappa shape index (κ1) is 15.9.